The Hall–Kier alpha value is -2.62. The van der Waals surface area contributed by atoms with Crippen LogP contribution in [0.1, 0.15) is 25.7 Å². The van der Waals surface area contributed by atoms with Crippen molar-refractivity contribution in [1.82, 2.24) is 9.80 Å². The normalized spacial score (nSPS) is 28.6. The van der Waals surface area contributed by atoms with Crippen LogP contribution in [0.5, 0.6) is 0 Å². The molecule has 32 heavy (non-hydrogen) atoms. The van der Waals surface area contributed by atoms with Gasteiger partial charge in [-0.2, -0.15) is 0 Å². The Bertz CT molecular complexity index is 829. The van der Waals surface area contributed by atoms with Crippen LogP contribution in [-0.4, -0.2) is 84.0 Å². The maximum atomic E-state index is 14.2. The third-order valence-corrected chi connectivity index (χ3v) is 5.77. The van der Waals surface area contributed by atoms with Gasteiger partial charge >= 0.3 is 0 Å². The number of carbonyl (C=O) groups is 2. The van der Waals surface area contributed by atoms with Gasteiger partial charge in [-0.05, 0) is 5.57 Å². The SMILES string of the molecule is C=C/C=C\C(=C)[C@H]1COC([C@@H]2C[C@H](F)CN2C(=O)C[C@H](N)CN2CC(F)(F)CCC2=O)=N1. The number of piperidine rings is 1. The fourth-order valence-corrected chi connectivity index (χ4v) is 4.11. The van der Waals surface area contributed by atoms with Crippen LogP contribution >= 0.6 is 0 Å². The molecule has 176 valence electrons. The molecule has 0 saturated carbocycles. The first kappa shape index (κ1) is 24.0. The van der Waals surface area contributed by atoms with Crippen molar-refractivity contribution in [2.45, 2.75) is 55.9 Å². The van der Waals surface area contributed by atoms with Crippen LogP contribution in [0, 0.1) is 0 Å². The molecule has 3 aliphatic rings. The number of likely N-dealkylation sites (tertiary alicyclic amines) is 2. The molecule has 0 unspecified atom stereocenters. The van der Waals surface area contributed by atoms with E-state index in [1.165, 1.54) is 4.90 Å². The van der Waals surface area contributed by atoms with E-state index in [4.69, 9.17) is 10.5 Å². The maximum Gasteiger partial charge on any atom is 0.265 e. The molecule has 3 rings (SSSR count). The van der Waals surface area contributed by atoms with Crippen molar-refractivity contribution in [3.63, 3.8) is 0 Å². The number of alkyl halides is 3. The molecule has 0 radical (unpaired) electrons. The zero-order chi connectivity index (χ0) is 23.5. The summed E-state index contributed by atoms with van der Waals surface area (Å²) in [6, 6.07) is -1.83. The third-order valence-electron chi connectivity index (χ3n) is 5.77. The minimum absolute atomic E-state index is 0.0539. The highest BCUT2D eigenvalue weighted by molar-refractivity contribution is 5.89. The Balaban J connectivity index is 1.61. The summed E-state index contributed by atoms with van der Waals surface area (Å²) in [5.41, 5.74) is 6.70. The lowest BCUT2D eigenvalue weighted by molar-refractivity contribution is -0.147. The number of allylic oxidation sites excluding steroid dienone is 2. The van der Waals surface area contributed by atoms with Crippen LogP contribution in [0.25, 0.3) is 0 Å². The number of rotatable bonds is 8. The van der Waals surface area contributed by atoms with Crippen molar-refractivity contribution in [2.75, 3.05) is 26.2 Å². The van der Waals surface area contributed by atoms with E-state index in [-0.39, 0.29) is 50.9 Å². The molecule has 0 aromatic carbocycles. The largest absolute Gasteiger partial charge is 0.477 e. The number of halogens is 3. The van der Waals surface area contributed by atoms with Gasteiger partial charge in [-0.25, -0.2) is 18.2 Å². The molecule has 2 N–H and O–H groups in total. The van der Waals surface area contributed by atoms with Crippen LogP contribution in [-0.2, 0) is 14.3 Å². The van der Waals surface area contributed by atoms with Crippen LogP contribution in [0.3, 0.4) is 0 Å². The number of hydrogen-bond donors (Lipinski definition) is 1. The zero-order valence-corrected chi connectivity index (χ0v) is 17.9. The smallest absolute Gasteiger partial charge is 0.265 e. The first-order valence-corrected chi connectivity index (χ1v) is 10.6. The fraction of sp³-hybridized carbons (Fsp3) is 0.591. The average Bonchev–Trinajstić information content (AvgIpc) is 3.35. The predicted octanol–water partition coefficient (Wildman–Crippen LogP) is 2.00. The van der Waals surface area contributed by atoms with Crippen molar-refractivity contribution < 1.29 is 27.5 Å². The summed E-state index contributed by atoms with van der Waals surface area (Å²) in [6.07, 6.45) is 2.97. The van der Waals surface area contributed by atoms with Gasteiger partial charge in [0.25, 0.3) is 5.92 Å². The second-order valence-electron chi connectivity index (χ2n) is 8.45. The molecule has 0 bridgehead atoms. The van der Waals surface area contributed by atoms with Gasteiger partial charge in [-0.3, -0.25) is 9.59 Å². The van der Waals surface area contributed by atoms with Crippen molar-refractivity contribution >= 4 is 17.7 Å². The number of carbonyl (C=O) groups excluding carboxylic acids is 2. The minimum atomic E-state index is -2.96. The molecule has 4 atom stereocenters. The van der Waals surface area contributed by atoms with Gasteiger partial charge in [-0.15, -0.1) is 0 Å². The summed E-state index contributed by atoms with van der Waals surface area (Å²) < 4.78 is 47.1. The van der Waals surface area contributed by atoms with Gasteiger partial charge in [0.2, 0.25) is 17.7 Å². The van der Waals surface area contributed by atoms with E-state index in [0.717, 1.165) is 4.90 Å². The zero-order valence-electron chi connectivity index (χ0n) is 17.9. The summed E-state index contributed by atoms with van der Waals surface area (Å²) in [4.78, 5) is 31.6. The van der Waals surface area contributed by atoms with E-state index in [0.29, 0.717) is 5.57 Å². The number of hydrogen-bond acceptors (Lipinski definition) is 5. The second-order valence-corrected chi connectivity index (χ2v) is 8.45. The van der Waals surface area contributed by atoms with E-state index < -0.39 is 49.0 Å². The van der Waals surface area contributed by atoms with Gasteiger partial charge < -0.3 is 20.3 Å². The van der Waals surface area contributed by atoms with Gasteiger partial charge in [0.15, 0.2) is 0 Å². The van der Waals surface area contributed by atoms with E-state index in [1.54, 1.807) is 18.2 Å². The molecule has 3 heterocycles. The van der Waals surface area contributed by atoms with Crippen LogP contribution in [0.15, 0.2) is 42.0 Å². The molecular formula is C22H29F3N4O3. The highest BCUT2D eigenvalue weighted by atomic mass is 19.3. The molecule has 2 saturated heterocycles. The molecule has 0 aromatic rings. The van der Waals surface area contributed by atoms with Crippen molar-refractivity contribution in [3.05, 3.63) is 37.0 Å². The van der Waals surface area contributed by atoms with Crippen molar-refractivity contribution in [1.29, 1.82) is 0 Å². The lowest BCUT2D eigenvalue weighted by Crippen LogP contribution is -2.51. The van der Waals surface area contributed by atoms with E-state index in [9.17, 15) is 22.8 Å². The highest BCUT2D eigenvalue weighted by Crippen LogP contribution is 2.29. The van der Waals surface area contributed by atoms with Gasteiger partial charge in [-0.1, -0.05) is 31.4 Å². The Kier molecular flexibility index (Phi) is 7.43. The van der Waals surface area contributed by atoms with Crippen LogP contribution in [0.2, 0.25) is 0 Å². The second kappa shape index (κ2) is 9.89. The Labute approximate surface area is 185 Å². The van der Waals surface area contributed by atoms with E-state index in [2.05, 4.69) is 18.2 Å². The molecule has 2 fully saturated rings. The number of nitrogens with zero attached hydrogens (tertiary/aromatic N) is 3. The maximum absolute atomic E-state index is 14.2. The summed E-state index contributed by atoms with van der Waals surface area (Å²) in [5, 5.41) is 0. The van der Waals surface area contributed by atoms with Gasteiger partial charge in [0.1, 0.15) is 24.9 Å². The van der Waals surface area contributed by atoms with Gasteiger partial charge in [0, 0.05) is 38.3 Å². The Morgan fingerprint density at radius 3 is 2.91 bits per heavy atom. The molecule has 10 heteroatoms. The summed E-state index contributed by atoms with van der Waals surface area (Å²) in [6.45, 7) is 6.79. The molecular weight excluding hydrogens is 425 g/mol. The quantitative estimate of drug-likeness (QED) is 0.569. The number of nitrogens with two attached hydrogens (primary N) is 1. The lowest BCUT2D eigenvalue weighted by atomic mass is 10.0. The van der Waals surface area contributed by atoms with Gasteiger partial charge in [0.05, 0.1) is 13.1 Å². The predicted molar refractivity (Wildman–Crippen MR) is 114 cm³/mol. The molecule has 3 aliphatic heterocycles. The first-order valence-electron chi connectivity index (χ1n) is 10.6. The third kappa shape index (κ3) is 5.79. The Morgan fingerprint density at radius 2 is 2.19 bits per heavy atom. The molecule has 7 nitrogen and oxygen atoms in total. The van der Waals surface area contributed by atoms with Crippen LogP contribution < -0.4 is 5.73 Å². The van der Waals surface area contributed by atoms with Crippen molar-refractivity contribution in [3.8, 4) is 0 Å². The fourth-order valence-electron chi connectivity index (χ4n) is 4.11. The number of aliphatic imine (C=N–C) groups is 1. The monoisotopic (exact) mass is 454 g/mol. The molecule has 0 aliphatic carbocycles. The minimum Gasteiger partial charge on any atom is -0.477 e. The molecule has 0 aromatic heterocycles. The Morgan fingerprint density at radius 1 is 1.44 bits per heavy atom. The highest BCUT2D eigenvalue weighted by Gasteiger charge is 2.43. The van der Waals surface area contributed by atoms with Crippen LogP contribution in [0.4, 0.5) is 13.2 Å². The first-order chi connectivity index (χ1) is 15.1. The molecule has 0 spiro atoms. The average molecular weight is 454 g/mol. The standard InChI is InChI=1S/C22H29F3N4O3/c1-3-4-5-14(2)17-12-32-21(27-17)18-8-15(23)10-29(18)20(31)9-16(26)11-28-13-22(24,25)7-6-19(28)30/h3-5,15-18H,1-2,6-13,26H2/b5-4-/t15-,16-,17+,18-/m0/s1. The topological polar surface area (TPSA) is 88.2 Å². The van der Waals surface area contributed by atoms with E-state index in [1.807, 2.05) is 0 Å². The summed E-state index contributed by atoms with van der Waals surface area (Å²) in [7, 11) is 0. The molecule has 2 amide bonds. The van der Waals surface area contributed by atoms with E-state index >= 15 is 0 Å². The summed E-state index contributed by atoms with van der Waals surface area (Å²) >= 11 is 0. The van der Waals surface area contributed by atoms with Crippen molar-refractivity contribution in [2.24, 2.45) is 10.7 Å². The summed E-state index contributed by atoms with van der Waals surface area (Å²) in [5.74, 6) is -3.53. The lowest BCUT2D eigenvalue weighted by Gasteiger charge is -2.34. The number of ether oxygens (including phenoxy) is 1. The number of amides is 2.